The molecule has 0 saturated heterocycles. The van der Waals surface area contributed by atoms with Crippen LogP contribution in [0.2, 0.25) is 0 Å². The van der Waals surface area contributed by atoms with Crippen LogP contribution < -0.4 is 117 Å². The molecule has 49 heteroatoms. The Morgan fingerprint density at radius 3 is 0.184 bits per heavy atom. The molecule has 0 aromatic rings. The molecule has 0 unspecified atom stereocenters. The molecule has 0 rings (SSSR count). The van der Waals surface area contributed by atoms with E-state index in [9.17, 15) is 0 Å². The Kier molecular flexibility index (Phi) is 128. The normalized spacial score (nSPS) is 9.63. The minimum absolute atomic E-state index is 0. The molecule has 0 bridgehead atoms. The molecule has 0 N–H and O–H groups in total. The average Bonchev–Trinajstić information content (AvgIpc) is 2.16. The molecule has 0 fully saturated rings. The van der Waals surface area contributed by atoms with Crippen LogP contribution in [0.5, 0.6) is 0 Å². The maximum absolute atomic E-state index is 8.55. The molecule has 32 nitrogen and oxygen atoms in total. The van der Waals surface area contributed by atoms with Crippen LogP contribution in [0.15, 0.2) is 0 Å². The maximum Gasteiger partial charge on any atom is 4.00 e. The molecule has 0 aliphatic carbocycles. The maximum atomic E-state index is 8.55. The molecular formula is Ba3Co3O32P8Zr3. The van der Waals surface area contributed by atoms with E-state index >= 15 is 0 Å². The van der Waals surface area contributed by atoms with Crippen LogP contribution in [-0.4, -0.2) is 147 Å². The Bertz CT molecular complexity index is 686. The van der Waals surface area contributed by atoms with Crippen LogP contribution in [0, 0.1) is 0 Å². The topological polar surface area (TPSA) is 690 Å². The number of hydrogen-bond acceptors (Lipinski definition) is 32. The SMILES string of the molecule is O=P([O-])([O-])[O-].O=P([O-])([O-])[O-].O=P([O-])([O-])[O-].O=P([O-])([O-])[O-].O=P([O-])([O-])[O-].O=P([O-])([O-])[O-].O=P([O-])([O-])[O-].O=P([O-])([O-])[O-].[Ba+2].[Ba+2].[Ba+2].[Co+2].[Co+2].[Co+2].[Zr+4].[Zr+4].[Zr+4]. The molecule has 49 heavy (non-hydrogen) atoms. The smallest absolute Gasteiger partial charge is 0.822 e. The summed E-state index contributed by atoms with van der Waals surface area (Å²) >= 11 is 0. The summed E-state index contributed by atoms with van der Waals surface area (Å²) in [5, 5.41) is 0. The second-order valence-electron chi connectivity index (χ2n) is 3.58. The van der Waals surface area contributed by atoms with Gasteiger partial charge in [-0.1, -0.05) is 0 Å². The fourth-order valence-electron chi connectivity index (χ4n) is 0. The summed E-state index contributed by atoms with van der Waals surface area (Å²) in [6.07, 6.45) is 0. The van der Waals surface area contributed by atoms with E-state index in [0.717, 1.165) is 0 Å². The fourth-order valence-corrected chi connectivity index (χ4v) is 0. The van der Waals surface area contributed by atoms with Gasteiger partial charge in [0.15, 0.2) is 0 Å². The van der Waals surface area contributed by atoms with Crippen molar-refractivity contribution < 1.29 is 283 Å². The Balaban J connectivity index is -0.0000000155. The molecular weight excluding hydrogens is 1620 g/mol. The van der Waals surface area contributed by atoms with E-state index in [-0.39, 0.29) is 276 Å². The zero-order valence-corrected chi connectivity index (χ0v) is 52.2. The summed E-state index contributed by atoms with van der Waals surface area (Å²) in [6.45, 7) is 0. The number of phosphoric acid groups is 8. The van der Waals surface area contributed by atoms with Gasteiger partial charge in [0.05, 0.1) is 0 Å². The van der Waals surface area contributed by atoms with E-state index in [1.807, 2.05) is 0 Å². The third kappa shape index (κ3) is 1880. The minimum atomic E-state index is -5.39. The predicted octanol–water partition coefficient (Wildman–Crippen LogP) is -23.8. The van der Waals surface area contributed by atoms with E-state index in [1.165, 1.54) is 0 Å². The van der Waals surface area contributed by atoms with E-state index in [4.69, 9.17) is 154 Å². The van der Waals surface area contributed by atoms with Crippen molar-refractivity contribution in [3.05, 3.63) is 0 Å². The molecule has 0 spiro atoms. The minimum Gasteiger partial charge on any atom is -0.822 e. The van der Waals surface area contributed by atoms with Gasteiger partial charge in [0, 0.05) is 0 Å². The van der Waals surface area contributed by atoms with Crippen molar-refractivity contribution in [3.8, 4) is 0 Å². The number of hydrogen-bond donors (Lipinski definition) is 0. The molecule has 0 aromatic carbocycles. The third-order valence-electron chi connectivity index (χ3n) is 0. The van der Waals surface area contributed by atoms with Gasteiger partial charge in [0.25, 0.3) is 0 Å². The van der Waals surface area contributed by atoms with E-state index in [2.05, 4.69) is 0 Å². The fraction of sp³-hybridized carbons (Fsp3) is 0. The van der Waals surface area contributed by atoms with Gasteiger partial charge in [0.1, 0.15) is 0 Å². The van der Waals surface area contributed by atoms with Crippen LogP contribution in [0.3, 0.4) is 0 Å². The first-order valence-corrected chi connectivity index (χ1v) is 17.5. The second kappa shape index (κ2) is 55.8. The van der Waals surface area contributed by atoms with Crippen LogP contribution in [-0.2, 0) is 165 Å². The van der Waals surface area contributed by atoms with Crippen molar-refractivity contribution in [1.29, 1.82) is 0 Å². The van der Waals surface area contributed by atoms with E-state index in [0.29, 0.717) is 0 Å². The summed E-state index contributed by atoms with van der Waals surface area (Å²) < 4.78 is 68.4. The van der Waals surface area contributed by atoms with Gasteiger partial charge in [-0.25, -0.2) is 0 Å². The van der Waals surface area contributed by atoms with Crippen LogP contribution in [0.25, 0.3) is 0 Å². The summed E-state index contributed by atoms with van der Waals surface area (Å²) in [5.41, 5.74) is 0. The first-order chi connectivity index (χ1) is 16.0. The molecule has 0 aromatic heterocycles. The Labute approximate surface area is 481 Å². The molecule has 0 atom stereocenters. The first kappa shape index (κ1) is 112. The number of rotatable bonds is 0. The van der Waals surface area contributed by atoms with Gasteiger partial charge < -0.3 is 154 Å². The molecule has 0 aliphatic heterocycles. The van der Waals surface area contributed by atoms with Crippen molar-refractivity contribution in [3.63, 3.8) is 0 Å². The van der Waals surface area contributed by atoms with Crippen molar-refractivity contribution in [1.82, 2.24) is 0 Å². The van der Waals surface area contributed by atoms with Gasteiger partial charge >= 0.3 is 276 Å². The summed E-state index contributed by atoms with van der Waals surface area (Å²) in [4.78, 5) is 205. The standard InChI is InChI=1S/3Ba.3Co.8H3O4P.3Zr/c;;;;;;8*1-5(2,3)4;;;/h;;;;;;8*(H3,1,2,3,4);;;/q6*+2;;;;;;;;;3*+4/p-24. The van der Waals surface area contributed by atoms with Gasteiger partial charge in [0.2, 0.25) is 0 Å². The summed E-state index contributed by atoms with van der Waals surface area (Å²) in [5.74, 6) is 0. The quantitative estimate of drug-likeness (QED) is 0.160. The monoisotopic (exact) mass is 1620 g/mol. The van der Waals surface area contributed by atoms with E-state index < -0.39 is 62.6 Å². The Morgan fingerprint density at radius 1 is 0.184 bits per heavy atom. The van der Waals surface area contributed by atoms with Gasteiger partial charge in [-0.15, -0.1) is 0 Å². The van der Waals surface area contributed by atoms with E-state index in [1.54, 1.807) is 0 Å². The van der Waals surface area contributed by atoms with Crippen molar-refractivity contribution in [2.24, 2.45) is 0 Å². The average molecular weight is 1620 g/mol. The van der Waals surface area contributed by atoms with Gasteiger partial charge in [-0.2, -0.15) is 62.6 Å². The molecule has 0 heterocycles. The van der Waals surface area contributed by atoms with Crippen molar-refractivity contribution in [2.45, 2.75) is 0 Å². The zero-order valence-electron chi connectivity index (χ0n) is 21.3. The van der Waals surface area contributed by atoms with Gasteiger partial charge in [-0.05, 0) is 0 Å². The van der Waals surface area contributed by atoms with Crippen molar-refractivity contribution >= 4 is 209 Å². The van der Waals surface area contributed by atoms with Crippen LogP contribution >= 0.6 is 62.6 Å². The molecule has 0 aliphatic rings. The summed E-state index contributed by atoms with van der Waals surface area (Å²) in [6, 6.07) is 0. The summed E-state index contributed by atoms with van der Waals surface area (Å²) in [7, 11) is -43.1. The van der Waals surface area contributed by atoms with Crippen LogP contribution in [0.1, 0.15) is 0 Å². The first-order valence-electron chi connectivity index (χ1n) is 5.84. The Morgan fingerprint density at radius 2 is 0.184 bits per heavy atom. The Hall–Kier alpha value is 9.76. The molecule has 277 valence electrons. The van der Waals surface area contributed by atoms with Gasteiger partial charge in [-0.3, -0.25) is 0 Å². The van der Waals surface area contributed by atoms with Crippen LogP contribution in [0.4, 0.5) is 0 Å². The molecule has 3 radical (unpaired) electrons. The largest absolute Gasteiger partial charge is 4.00 e. The molecule has 0 saturated carbocycles. The molecule has 0 amide bonds. The van der Waals surface area contributed by atoms with Crippen molar-refractivity contribution in [2.75, 3.05) is 0 Å². The zero-order chi connectivity index (χ0) is 36.0. The predicted molar refractivity (Wildman–Crippen MR) is 78.1 cm³/mol. The third-order valence-corrected chi connectivity index (χ3v) is 0. The second-order valence-corrected chi connectivity index (χ2v) is 10.7.